The lowest BCUT2D eigenvalue weighted by Gasteiger charge is -2.09. The van der Waals surface area contributed by atoms with Crippen LogP contribution in [0.3, 0.4) is 0 Å². The van der Waals surface area contributed by atoms with Gasteiger partial charge in [-0.1, -0.05) is 0 Å². The average molecular weight is 226 g/mol. The maximum absolute atomic E-state index is 13.6. The van der Waals surface area contributed by atoms with Crippen LogP contribution in [0.25, 0.3) is 0 Å². The Bertz CT molecular complexity index is 405. The second-order valence-electron chi connectivity index (χ2n) is 3.76. The Labute approximate surface area is 93.3 Å². The Kier molecular flexibility index (Phi) is 3.84. The van der Waals surface area contributed by atoms with Crippen molar-refractivity contribution < 1.29 is 14.3 Å². The molecule has 5 heteroatoms. The van der Waals surface area contributed by atoms with E-state index in [2.05, 4.69) is 5.32 Å². The van der Waals surface area contributed by atoms with Crippen LogP contribution in [-0.4, -0.2) is 23.7 Å². The molecule has 0 fully saturated rings. The lowest BCUT2D eigenvalue weighted by molar-refractivity contribution is 0.0920. The van der Waals surface area contributed by atoms with E-state index >= 15 is 0 Å². The van der Waals surface area contributed by atoms with Crippen LogP contribution in [0, 0.1) is 12.7 Å². The summed E-state index contributed by atoms with van der Waals surface area (Å²) < 4.78 is 13.6. The van der Waals surface area contributed by atoms with Crippen molar-refractivity contribution in [2.75, 3.05) is 12.3 Å². The zero-order valence-electron chi connectivity index (χ0n) is 9.25. The number of aliphatic hydroxyl groups excluding tert-OH is 1. The number of nitrogens with one attached hydrogen (secondary N) is 1. The fourth-order valence-corrected chi connectivity index (χ4v) is 1.30. The van der Waals surface area contributed by atoms with Crippen molar-refractivity contribution in [3.05, 3.63) is 29.1 Å². The van der Waals surface area contributed by atoms with E-state index < -0.39 is 17.8 Å². The van der Waals surface area contributed by atoms with Gasteiger partial charge in [0.1, 0.15) is 5.82 Å². The molecule has 0 aromatic heterocycles. The molecule has 1 aromatic carbocycles. The number of aliphatic hydroxyl groups is 1. The highest BCUT2D eigenvalue weighted by molar-refractivity contribution is 5.95. The smallest absolute Gasteiger partial charge is 0.254 e. The van der Waals surface area contributed by atoms with Crippen LogP contribution in [-0.2, 0) is 0 Å². The van der Waals surface area contributed by atoms with Crippen molar-refractivity contribution in [1.82, 2.24) is 5.32 Å². The van der Waals surface area contributed by atoms with Gasteiger partial charge in [0, 0.05) is 12.2 Å². The Balaban J connectivity index is 2.91. The van der Waals surface area contributed by atoms with E-state index in [0.717, 1.165) is 0 Å². The molecule has 0 spiro atoms. The molecule has 1 atom stereocenters. The van der Waals surface area contributed by atoms with E-state index in [1.807, 2.05) is 0 Å². The summed E-state index contributed by atoms with van der Waals surface area (Å²) >= 11 is 0. The summed E-state index contributed by atoms with van der Waals surface area (Å²) in [7, 11) is 0. The van der Waals surface area contributed by atoms with E-state index in [1.165, 1.54) is 26.0 Å². The Morgan fingerprint density at radius 1 is 1.62 bits per heavy atom. The summed E-state index contributed by atoms with van der Waals surface area (Å²) in [6.07, 6.45) is -0.672. The van der Waals surface area contributed by atoms with Gasteiger partial charge >= 0.3 is 0 Å². The van der Waals surface area contributed by atoms with Crippen molar-refractivity contribution >= 4 is 11.6 Å². The van der Waals surface area contributed by atoms with Gasteiger partial charge in [0.05, 0.1) is 11.7 Å². The molecule has 0 aliphatic carbocycles. The van der Waals surface area contributed by atoms with Crippen LogP contribution in [0.2, 0.25) is 0 Å². The van der Waals surface area contributed by atoms with Gasteiger partial charge in [0.15, 0.2) is 0 Å². The van der Waals surface area contributed by atoms with Crippen molar-refractivity contribution in [3.8, 4) is 0 Å². The lowest BCUT2D eigenvalue weighted by Crippen LogP contribution is -2.31. The fraction of sp³-hybridized carbons (Fsp3) is 0.364. The number of carbonyl (C=O) groups is 1. The molecule has 0 heterocycles. The largest absolute Gasteiger partial charge is 0.399 e. The predicted molar refractivity (Wildman–Crippen MR) is 59.6 cm³/mol. The van der Waals surface area contributed by atoms with E-state index in [-0.39, 0.29) is 12.1 Å². The summed E-state index contributed by atoms with van der Waals surface area (Å²) in [4.78, 5) is 11.6. The highest BCUT2D eigenvalue weighted by atomic mass is 19.1. The summed E-state index contributed by atoms with van der Waals surface area (Å²) in [5.74, 6) is -1.16. The third-order valence-electron chi connectivity index (χ3n) is 2.08. The first-order valence-corrected chi connectivity index (χ1v) is 4.93. The first kappa shape index (κ1) is 12.4. The minimum absolute atomic E-state index is 0.0755. The third kappa shape index (κ3) is 2.93. The molecule has 16 heavy (non-hydrogen) atoms. The van der Waals surface area contributed by atoms with Crippen molar-refractivity contribution in [2.24, 2.45) is 0 Å². The van der Waals surface area contributed by atoms with Gasteiger partial charge in [-0.2, -0.15) is 0 Å². The predicted octanol–water partition coefficient (Wildman–Crippen LogP) is 0.827. The van der Waals surface area contributed by atoms with Gasteiger partial charge in [-0.05, 0) is 31.5 Å². The van der Waals surface area contributed by atoms with Gasteiger partial charge in [-0.15, -0.1) is 0 Å². The maximum Gasteiger partial charge on any atom is 0.254 e. The fourth-order valence-electron chi connectivity index (χ4n) is 1.30. The second-order valence-corrected chi connectivity index (χ2v) is 3.76. The molecule has 4 nitrogen and oxygen atoms in total. The molecule has 88 valence electrons. The number of benzene rings is 1. The molecular weight excluding hydrogens is 211 g/mol. The molecule has 1 aromatic rings. The summed E-state index contributed by atoms with van der Waals surface area (Å²) in [6.45, 7) is 3.14. The SMILES string of the molecule is Cc1cc(N)cc(C(=O)NC[C@@H](C)O)c1F. The molecule has 0 saturated heterocycles. The number of hydrogen-bond acceptors (Lipinski definition) is 3. The number of hydrogen-bond donors (Lipinski definition) is 3. The topological polar surface area (TPSA) is 75.4 Å². The number of carbonyl (C=O) groups excluding carboxylic acids is 1. The zero-order chi connectivity index (χ0) is 12.3. The van der Waals surface area contributed by atoms with E-state index in [9.17, 15) is 9.18 Å². The number of aryl methyl sites for hydroxylation is 1. The van der Waals surface area contributed by atoms with E-state index in [0.29, 0.717) is 11.3 Å². The van der Waals surface area contributed by atoms with Crippen LogP contribution in [0.5, 0.6) is 0 Å². The summed E-state index contributed by atoms with van der Waals surface area (Å²) in [5, 5.41) is 11.4. The quantitative estimate of drug-likeness (QED) is 0.668. The van der Waals surface area contributed by atoms with Gasteiger partial charge < -0.3 is 16.2 Å². The molecule has 1 amide bonds. The molecule has 0 bridgehead atoms. The van der Waals surface area contributed by atoms with E-state index in [1.54, 1.807) is 0 Å². The molecule has 0 radical (unpaired) electrons. The van der Waals surface area contributed by atoms with Gasteiger partial charge in [-0.3, -0.25) is 4.79 Å². The Hall–Kier alpha value is -1.62. The number of anilines is 1. The van der Waals surface area contributed by atoms with Crippen LogP contribution >= 0.6 is 0 Å². The molecule has 0 saturated carbocycles. The molecule has 0 aliphatic heterocycles. The molecule has 1 rings (SSSR count). The number of nitrogen functional groups attached to an aromatic ring is 1. The monoisotopic (exact) mass is 226 g/mol. The number of rotatable bonds is 3. The molecule has 0 aliphatic rings. The Morgan fingerprint density at radius 2 is 2.25 bits per heavy atom. The van der Waals surface area contributed by atoms with Gasteiger partial charge in [0.25, 0.3) is 5.91 Å². The van der Waals surface area contributed by atoms with Crippen LogP contribution in [0.4, 0.5) is 10.1 Å². The average Bonchev–Trinajstić information content (AvgIpc) is 2.19. The number of halogens is 1. The molecule has 4 N–H and O–H groups in total. The van der Waals surface area contributed by atoms with Gasteiger partial charge in [-0.25, -0.2) is 4.39 Å². The third-order valence-corrected chi connectivity index (χ3v) is 2.08. The summed E-state index contributed by atoms with van der Waals surface area (Å²) in [6, 6.07) is 2.74. The zero-order valence-corrected chi connectivity index (χ0v) is 9.25. The van der Waals surface area contributed by atoms with Crippen molar-refractivity contribution in [1.29, 1.82) is 0 Å². The number of amides is 1. The normalized spacial score (nSPS) is 12.2. The second kappa shape index (κ2) is 4.94. The minimum Gasteiger partial charge on any atom is -0.399 e. The van der Waals surface area contributed by atoms with E-state index in [4.69, 9.17) is 10.8 Å². The number of nitrogens with two attached hydrogens (primary N) is 1. The standard InChI is InChI=1S/C11H15FN2O2/c1-6-3-8(13)4-9(10(6)12)11(16)14-5-7(2)15/h3-4,7,15H,5,13H2,1-2H3,(H,14,16)/t7-/m1/s1. The first-order chi connectivity index (χ1) is 7.41. The maximum atomic E-state index is 13.6. The molecular formula is C11H15FN2O2. The van der Waals surface area contributed by atoms with Crippen LogP contribution < -0.4 is 11.1 Å². The molecule has 0 unspecified atom stereocenters. The Morgan fingerprint density at radius 3 is 2.81 bits per heavy atom. The highest BCUT2D eigenvalue weighted by Gasteiger charge is 2.14. The van der Waals surface area contributed by atoms with Gasteiger partial charge in [0.2, 0.25) is 0 Å². The summed E-state index contributed by atoms with van der Waals surface area (Å²) in [5.41, 5.74) is 6.08. The first-order valence-electron chi connectivity index (χ1n) is 4.93. The van der Waals surface area contributed by atoms with Crippen molar-refractivity contribution in [2.45, 2.75) is 20.0 Å². The van der Waals surface area contributed by atoms with Crippen LogP contribution in [0.1, 0.15) is 22.8 Å². The lowest BCUT2D eigenvalue weighted by atomic mass is 10.1. The minimum atomic E-state index is -0.672. The highest BCUT2D eigenvalue weighted by Crippen LogP contribution is 2.16. The van der Waals surface area contributed by atoms with Crippen LogP contribution in [0.15, 0.2) is 12.1 Å². The van der Waals surface area contributed by atoms with Crippen molar-refractivity contribution in [3.63, 3.8) is 0 Å².